The molecule has 1 aliphatic heterocycles. The third kappa shape index (κ3) is 5.63. The van der Waals surface area contributed by atoms with Gasteiger partial charge in [-0.05, 0) is 61.4 Å². The van der Waals surface area contributed by atoms with Crippen molar-refractivity contribution >= 4 is 11.5 Å². The standard InChI is InChI=1S/C20H22F3N5O2/c1-3-28-19(24-26-27-28)13-29-18-10-6-16(7-11-18)14(2)25-30-12-15-4-8-17(9-5-15)20(21,22)23/h4-11,26-27H,3,12-13H2,1-2H3/b25-14+. The van der Waals surface area contributed by atoms with E-state index in [4.69, 9.17) is 9.57 Å². The monoisotopic (exact) mass is 421 g/mol. The van der Waals surface area contributed by atoms with Gasteiger partial charge in [-0.2, -0.15) is 13.2 Å². The molecule has 0 aliphatic carbocycles. The molecule has 3 rings (SSSR count). The summed E-state index contributed by atoms with van der Waals surface area (Å²) in [4.78, 5) is 5.27. The molecule has 0 saturated heterocycles. The van der Waals surface area contributed by atoms with E-state index in [1.807, 2.05) is 36.2 Å². The van der Waals surface area contributed by atoms with E-state index < -0.39 is 11.7 Å². The molecule has 0 aromatic heterocycles. The van der Waals surface area contributed by atoms with Crippen LogP contribution in [-0.4, -0.2) is 29.7 Å². The van der Waals surface area contributed by atoms with Gasteiger partial charge in [0, 0.05) is 6.54 Å². The Morgan fingerprint density at radius 3 is 2.40 bits per heavy atom. The number of likely N-dealkylation sites (N-methyl/N-ethyl adjacent to an activating group) is 1. The fourth-order valence-corrected chi connectivity index (χ4v) is 2.63. The minimum absolute atomic E-state index is 0.0782. The third-order valence-electron chi connectivity index (χ3n) is 4.35. The lowest BCUT2D eigenvalue weighted by Gasteiger charge is -2.16. The van der Waals surface area contributed by atoms with Crippen LogP contribution in [0.1, 0.15) is 30.5 Å². The molecule has 2 aromatic carbocycles. The van der Waals surface area contributed by atoms with Crippen molar-refractivity contribution in [3.05, 3.63) is 65.2 Å². The van der Waals surface area contributed by atoms with E-state index in [2.05, 4.69) is 21.3 Å². The zero-order valence-electron chi connectivity index (χ0n) is 16.5. The van der Waals surface area contributed by atoms with Gasteiger partial charge in [-0.25, -0.2) is 5.53 Å². The first-order valence-corrected chi connectivity index (χ1v) is 9.27. The number of hydrogen-bond acceptors (Lipinski definition) is 7. The molecule has 2 N–H and O–H groups in total. The molecule has 0 bridgehead atoms. The Bertz CT molecular complexity index is 896. The van der Waals surface area contributed by atoms with Gasteiger partial charge in [-0.15, -0.1) is 10.6 Å². The molecule has 1 aliphatic rings. The largest absolute Gasteiger partial charge is 0.486 e. The second kappa shape index (κ2) is 9.49. The predicted molar refractivity (Wildman–Crippen MR) is 106 cm³/mol. The predicted octanol–water partition coefficient (Wildman–Crippen LogP) is 3.68. The van der Waals surface area contributed by atoms with Crippen molar-refractivity contribution in [2.45, 2.75) is 26.6 Å². The summed E-state index contributed by atoms with van der Waals surface area (Å²) in [6, 6.07) is 12.1. The Morgan fingerprint density at radius 1 is 1.07 bits per heavy atom. The molecule has 10 heteroatoms. The minimum atomic E-state index is -4.35. The number of rotatable bonds is 8. The van der Waals surface area contributed by atoms with Crippen LogP contribution in [0.15, 0.2) is 58.8 Å². The van der Waals surface area contributed by atoms with Gasteiger partial charge in [0.25, 0.3) is 0 Å². The maximum absolute atomic E-state index is 12.6. The van der Waals surface area contributed by atoms with Crippen molar-refractivity contribution in [3.63, 3.8) is 0 Å². The van der Waals surface area contributed by atoms with Gasteiger partial charge in [-0.1, -0.05) is 17.3 Å². The number of nitrogens with one attached hydrogen (secondary N) is 2. The molecule has 0 amide bonds. The molecule has 0 unspecified atom stereocenters. The maximum Gasteiger partial charge on any atom is 0.416 e. The second-order valence-electron chi connectivity index (χ2n) is 6.45. The summed E-state index contributed by atoms with van der Waals surface area (Å²) in [5.41, 5.74) is 6.94. The molecule has 7 nitrogen and oxygen atoms in total. The van der Waals surface area contributed by atoms with Crippen molar-refractivity contribution in [2.24, 2.45) is 10.3 Å². The first kappa shape index (κ1) is 21.4. The van der Waals surface area contributed by atoms with E-state index in [1.54, 1.807) is 6.92 Å². The number of alkyl halides is 3. The molecular formula is C20H22F3N5O2. The summed E-state index contributed by atoms with van der Waals surface area (Å²) < 4.78 is 43.5. The number of hydrazone groups is 1. The van der Waals surface area contributed by atoms with Gasteiger partial charge < -0.3 is 9.57 Å². The lowest BCUT2D eigenvalue weighted by Crippen LogP contribution is -2.42. The van der Waals surface area contributed by atoms with Crippen molar-refractivity contribution in [3.8, 4) is 5.75 Å². The Labute approximate surface area is 172 Å². The molecule has 1 heterocycles. The lowest BCUT2D eigenvalue weighted by molar-refractivity contribution is -0.137. The zero-order valence-corrected chi connectivity index (χ0v) is 16.5. The van der Waals surface area contributed by atoms with E-state index in [0.717, 1.165) is 30.1 Å². The highest BCUT2D eigenvalue weighted by molar-refractivity contribution is 5.98. The number of halogens is 3. The van der Waals surface area contributed by atoms with Crippen molar-refractivity contribution in [1.82, 2.24) is 16.1 Å². The van der Waals surface area contributed by atoms with E-state index >= 15 is 0 Å². The van der Waals surface area contributed by atoms with E-state index in [9.17, 15) is 13.2 Å². The van der Waals surface area contributed by atoms with Crippen LogP contribution in [0.2, 0.25) is 0 Å². The minimum Gasteiger partial charge on any atom is -0.486 e. The fraction of sp³-hybridized carbons (Fsp3) is 0.300. The smallest absolute Gasteiger partial charge is 0.416 e. The average molecular weight is 421 g/mol. The lowest BCUT2D eigenvalue weighted by atomic mass is 10.1. The molecule has 0 spiro atoms. The number of benzene rings is 2. The van der Waals surface area contributed by atoms with Crippen LogP contribution < -0.4 is 15.8 Å². The quantitative estimate of drug-likeness (QED) is 0.503. The number of hydrogen-bond donors (Lipinski definition) is 2. The normalized spacial score (nSPS) is 14.4. The maximum atomic E-state index is 12.6. The molecule has 160 valence electrons. The summed E-state index contributed by atoms with van der Waals surface area (Å²) in [5.74, 6) is 1.43. The van der Waals surface area contributed by atoms with Gasteiger partial charge in [-0.3, -0.25) is 5.01 Å². The van der Waals surface area contributed by atoms with E-state index in [0.29, 0.717) is 23.6 Å². The van der Waals surface area contributed by atoms with E-state index in [1.165, 1.54) is 12.1 Å². The highest BCUT2D eigenvalue weighted by Gasteiger charge is 2.29. The van der Waals surface area contributed by atoms with Gasteiger partial charge in [0.2, 0.25) is 0 Å². The topological polar surface area (TPSA) is 70.5 Å². The van der Waals surface area contributed by atoms with Crippen LogP contribution in [0.3, 0.4) is 0 Å². The molecule has 0 saturated carbocycles. The first-order chi connectivity index (χ1) is 14.4. The van der Waals surface area contributed by atoms with Crippen LogP contribution >= 0.6 is 0 Å². The molecule has 0 radical (unpaired) electrons. The fourth-order valence-electron chi connectivity index (χ4n) is 2.63. The van der Waals surface area contributed by atoms with Crippen LogP contribution in [0, 0.1) is 0 Å². The van der Waals surface area contributed by atoms with Gasteiger partial charge >= 0.3 is 6.18 Å². The molecule has 0 fully saturated rings. The number of hydrazine groups is 2. The summed E-state index contributed by atoms with van der Waals surface area (Å²) in [6.07, 6.45) is -4.35. The Kier molecular flexibility index (Phi) is 6.78. The SMILES string of the molecule is CCN1NNN=C1COc1ccc(/C(C)=N/OCc2ccc(C(F)(F)F)cc2)cc1. The summed E-state index contributed by atoms with van der Waals surface area (Å²) in [5, 5.41) is 9.95. The zero-order chi connectivity index (χ0) is 21.6. The number of ether oxygens (including phenoxy) is 1. The van der Waals surface area contributed by atoms with Gasteiger partial charge in [0.05, 0.1) is 11.3 Å². The highest BCUT2D eigenvalue weighted by atomic mass is 19.4. The summed E-state index contributed by atoms with van der Waals surface area (Å²) >= 11 is 0. The van der Waals surface area contributed by atoms with Crippen LogP contribution in [0.25, 0.3) is 0 Å². The van der Waals surface area contributed by atoms with E-state index in [-0.39, 0.29) is 6.61 Å². The van der Waals surface area contributed by atoms with Crippen LogP contribution in [-0.2, 0) is 17.6 Å². The Morgan fingerprint density at radius 2 is 1.77 bits per heavy atom. The second-order valence-corrected chi connectivity index (χ2v) is 6.45. The highest BCUT2D eigenvalue weighted by Crippen LogP contribution is 2.29. The summed E-state index contributed by atoms with van der Waals surface area (Å²) in [6.45, 7) is 4.92. The van der Waals surface area contributed by atoms with Crippen LogP contribution in [0.5, 0.6) is 5.75 Å². The first-order valence-electron chi connectivity index (χ1n) is 9.27. The number of nitrogens with zero attached hydrogens (tertiary/aromatic N) is 3. The van der Waals surface area contributed by atoms with Gasteiger partial charge in [0.1, 0.15) is 19.0 Å². The molecular weight excluding hydrogens is 399 g/mol. The molecule has 2 aromatic rings. The Hall–Kier alpha value is -3.27. The summed E-state index contributed by atoms with van der Waals surface area (Å²) in [7, 11) is 0. The van der Waals surface area contributed by atoms with Crippen molar-refractivity contribution in [2.75, 3.05) is 13.2 Å². The Balaban J connectivity index is 1.50. The molecule has 0 atom stereocenters. The third-order valence-corrected chi connectivity index (χ3v) is 4.35. The average Bonchev–Trinajstić information content (AvgIpc) is 3.20. The molecule has 30 heavy (non-hydrogen) atoms. The number of amidine groups is 1. The van der Waals surface area contributed by atoms with Crippen molar-refractivity contribution in [1.29, 1.82) is 0 Å². The van der Waals surface area contributed by atoms with Crippen molar-refractivity contribution < 1.29 is 22.7 Å². The van der Waals surface area contributed by atoms with Gasteiger partial charge in [0.15, 0.2) is 5.84 Å². The van der Waals surface area contributed by atoms with Crippen LogP contribution in [0.4, 0.5) is 13.2 Å². The number of oxime groups is 1.